The standard InChI is InChI=1S/C13H14FN3O2S/c14-11-3-1-2-10(6-11)8-17(12-4-5-12)20(18,19)13-7-15-9-16-13/h1-3,6-7,9,12H,4-5,8H2,(H,15,16). The first-order chi connectivity index (χ1) is 9.57. The van der Waals surface area contributed by atoms with Crippen molar-refractivity contribution in [3.05, 3.63) is 48.2 Å². The number of H-pyrrole nitrogens is 1. The molecule has 1 saturated carbocycles. The van der Waals surface area contributed by atoms with Crippen molar-refractivity contribution in [1.82, 2.24) is 14.3 Å². The largest absolute Gasteiger partial charge is 0.335 e. The van der Waals surface area contributed by atoms with Crippen LogP contribution in [0, 0.1) is 5.82 Å². The minimum absolute atomic E-state index is 0.00781. The predicted molar refractivity (Wildman–Crippen MR) is 70.7 cm³/mol. The molecule has 0 unspecified atom stereocenters. The van der Waals surface area contributed by atoms with Gasteiger partial charge in [-0.05, 0) is 30.5 Å². The summed E-state index contributed by atoms with van der Waals surface area (Å²) < 4.78 is 39.7. The zero-order valence-electron chi connectivity index (χ0n) is 10.7. The average molecular weight is 295 g/mol. The van der Waals surface area contributed by atoms with Gasteiger partial charge in [0.05, 0.1) is 12.5 Å². The number of nitrogens with zero attached hydrogens (tertiary/aromatic N) is 2. The summed E-state index contributed by atoms with van der Waals surface area (Å²) in [7, 11) is -3.61. The van der Waals surface area contributed by atoms with E-state index in [2.05, 4.69) is 9.97 Å². The van der Waals surface area contributed by atoms with Crippen molar-refractivity contribution in [1.29, 1.82) is 0 Å². The second-order valence-electron chi connectivity index (χ2n) is 4.83. The highest BCUT2D eigenvalue weighted by molar-refractivity contribution is 7.89. The van der Waals surface area contributed by atoms with Gasteiger partial charge in [-0.3, -0.25) is 0 Å². The number of hydrogen-bond donors (Lipinski definition) is 1. The Labute approximate surface area is 116 Å². The van der Waals surface area contributed by atoms with Gasteiger partial charge in [-0.1, -0.05) is 12.1 Å². The number of halogens is 1. The SMILES string of the molecule is O=S(=O)(c1cnc[nH]1)N(Cc1cccc(F)c1)C1CC1. The van der Waals surface area contributed by atoms with E-state index in [0.29, 0.717) is 5.56 Å². The number of rotatable bonds is 5. The molecule has 0 aliphatic heterocycles. The predicted octanol–water partition coefficient (Wildman–Crippen LogP) is 1.90. The number of sulfonamides is 1. The quantitative estimate of drug-likeness (QED) is 0.916. The lowest BCUT2D eigenvalue weighted by Crippen LogP contribution is -2.32. The topological polar surface area (TPSA) is 66.1 Å². The summed E-state index contributed by atoms with van der Waals surface area (Å²) in [4.78, 5) is 6.37. The third-order valence-electron chi connectivity index (χ3n) is 3.24. The van der Waals surface area contributed by atoms with Crippen molar-refractivity contribution in [3.63, 3.8) is 0 Å². The van der Waals surface area contributed by atoms with E-state index in [1.807, 2.05) is 0 Å². The van der Waals surface area contributed by atoms with Gasteiger partial charge in [0.25, 0.3) is 10.0 Å². The highest BCUT2D eigenvalue weighted by Gasteiger charge is 2.38. The highest BCUT2D eigenvalue weighted by atomic mass is 32.2. The van der Waals surface area contributed by atoms with Crippen molar-refractivity contribution in [3.8, 4) is 0 Å². The first-order valence-corrected chi connectivity index (χ1v) is 7.76. The van der Waals surface area contributed by atoms with Crippen LogP contribution in [-0.4, -0.2) is 28.7 Å². The van der Waals surface area contributed by atoms with E-state index >= 15 is 0 Å². The van der Waals surface area contributed by atoms with Crippen molar-refractivity contribution >= 4 is 10.0 Å². The zero-order valence-corrected chi connectivity index (χ0v) is 11.5. The van der Waals surface area contributed by atoms with E-state index in [4.69, 9.17) is 0 Å². The lowest BCUT2D eigenvalue weighted by Gasteiger charge is -2.21. The van der Waals surface area contributed by atoms with Gasteiger partial charge in [-0.15, -0.1) is 0 Å². The molecule has 0 atom stereocenters. The van der Waals surface area contributed by atoms with Crippen LogP contribution in [0.25, 0.3) is 0 Å². The molecule has 1 aliphatic rings. The maximum Gasteiger partial charge on any atom is 0.260 e. The van der Waals surface area contributed by atoms with Gasteiger partial charge in [-0.25, -0.2) is 17.8 Å². The molecule has 20 heavy (non-hydrogen) atoms. The zero-order chi connectivity index (χ0) is 14.2. The second kappa shape index (κ2) is 4.99. The molecule has 3 rings (SSSR count). The first-order valence-electron chi connectivity index (χ1n) is 6.32. The number of aromatic nitrogens is 2. The van der Waals surface area contributed by atoms with Crippen LogP contribution >= 0.6 is 0 Å². The van der Waals surface area contributed by atoms with Crippen LogP contribution in [0.4, 0.5) is 4.39 Å². The van der Waals surface area contributed by atoms with Crippen molar-refractivity contribution in [2.45, 2.75) is 30.5 Å². The molecule has 0 amide bonds. The van der Waals surface area contributed by atoms with E-state index in [-0.39, 0.29) is 23.4 Å². The summed E-state index contributed by atoms with van der Waals surface area (Å²) in [6, 6.07) is 6.00. The molecule has 0 bridgehead atoms. The normalized spacial score (nSPS) is 15.7. The molecule has 5 nitrogen and oxygen atoms in total. The van der Waals surface area contributed by atoms with E-state index in [0.717, 1.165) is 12.8 Å². The summed E-state index contributed by atoms with van der Waals surface area (Å²) in [6.07, 6.45) is 4.29. The number of benzene rings is 1. The maximum absolute atomic E-state index is 13.2. The smallest absolute Gasteiger partial charge is 0.260 e. The van der Waals surface area contributed by atoms with Crippen molar-refractivity contribution < 1.29 is 12.8 Å². The Bertz CT molecular complexity index is 696. The van der Waals surface area contributed by atoms with Crippen LogP contribution in [0.2, 0.25) is 0 Å². The lowest BCUT2D eigenvalue weighted by atomic mass is 10.2. The molecule has 2 aromatic rings. The minimum Gasteiger partial charge on any atom is -0.335 e. The summed E-state index contributed by atoms with van der Waals surface area (Å²) in [5.41, 5.74) is 0.639. The first kappa shape index (κ1) is 13.3. The van der Waals surface area contributed by atoms with Gasteiger partial charge in [0.2, 0.25) is 0 Å². The van der Waals surface area contributed by atoms with E-state index in [1.165, 1.54) is 29.0 Å². The van der Waals surface area contributed by atoms with Gasteiger partial charge >= 0.3 is 0 Å². The molecule has 1 aliphatic carbocycles. The summed E-state index contributed by atoms with van der Waals surface area (Å²) >= 11 is 0. The molecule has 1 fully saturated rings. The van der Waals surface area contributed by atoms with Gasteiger partial charge in [-0.2, -0.15) is 4.31 Å². The molecule has 0 radical (unpaired) electrons. The number of aromatic amines is 1. The Morgan fingerprint density at radius 3 is 2.80 bits per heavy atom. The Balaban J connectivity index is 1.90. The molecular weight excluding hydrogens is 281 g/mol. The van der Waals surface area contributed by atoms with Crippen LogP contribution in [0.15, 0.2) is 41.8 Å². The lowest BCUT2D eigenvalue weighted by molar-refractivity contribution is 0.396. The van der Waals surface area contributed by atoms with Gasteiger partial charge in [0.1, 0.15) is 5.82 Å². The number of nitrogens with one attached hydrogen (secondary N) is 1. The highest BCUT2D eigenvalue weighted by Crippen LogP contribution is 2.32. The van der Waals surface area contributed by atoms with Crippen LogP contribution in [0.5, 0.6) is 0 Å². The second-order valence-corrected chi connectivity index (χ2v) is 6.69. The van der Waals surface area contributed by atoms with Crippen molar-refractivity contribution in [2.24, 2.45) is 0 Å². The van der Waals surface area contributed by atoms with Crippen LogP contribution in [0.3, 0.4) is 0 Å². The molecule has 7 heteroatoms. The summed E-state index contributed by atoms with van der Waals surface area (Å²) in [5, 5.41) is 0.0702. The fourth-order valence-electron chi connectivity index (χ4n) is 2.10. The molecule has 106 valence electrons. The Hall–Kier alpha value is -1.73. The van der Waals surface area contributed by atoms with Crippen LogP contribution in [0.1, 0.15) is 18.4 Å². The van der Waals surface area contributed by atoms with E-state index in [9.17, 15) is 12.8 Å². The third kappa shape index (κ3) is 2.59. The summed E-state index contributed by atoms with van der Waals surface area (Å²) in [5.74, 6) is -0.364. The fourth-order valence-corrected chi connectivity index (χ4v) is 3.67. The van der Waals surface area contributed by atoms with Gasteiger partial charge < -0.3 is 4.98 Å². The van der Waals surface area contributed by atoms with E-state index in [1.54, 1.807) is 12.1 Å². The Kier molecular flexibility index (Phi) is 3.31. The van der Waals surface area contributed by atoms with Crippen LogP contribution < -0.4 is 0 Å². The van der Waals surface area contributed by atoms with Gasteiger partial charge in [0.15, 0.2) is 5.03 Å². The Morgan fingerprint density at radius 1 is 1.40 bits per heavy atom. The third-order valence-corrected chi connectivity index (χ3v) is 5.07. The molecular formula is C13H14FN3O2S. The van der Waals surface area contributed by atoms with Gasteiger partial charge in [0, 0.05) is 12.6 Å². The molecule has 1 aromatic carbocycles. The fraction of sp³-hybridized carbons (Fsp3) is 0.308. The molecule has 1 heterocycles. The molecule has 0 spiro atoms. The minimum atomic E-state index is -3.61. The number of hydrogen-bond acceptors (Lipinski definition) is 3. The molecule has 1 N–H and O–H groups in total. The number of imidazole rings is 1. The molecule has 0 saturated heterocycles. The van der Waals surface area contributed by atoms with E-state index < -0.39 is 10.0 Å². The van der Waals surface area contributed by atoms with Crippen LogP contribution in [-0.2, 0) is 16.6 Å². The maximum atomic E-state index is 13.2. The molecule has 1 aromatic heterocycles. The monoisotopic (exact) mass is 295 g/mol. The van der Waals surface area contributed by atoms with Crippen molar-refractivity contribution in [2.75, 3.05) is 0 Å². The average Bonchev–Trinajstić information content (AvgIpc) is 3.08. The summed E-state index contributed by atoms with van der Waals surface area (Å²) in [6.45, 7) is 0.170. The Morgan fingerprint density at radius 2 is 2.20 bits per heavy atom.